The molecule has 0 aromatic carbocycles. The summed E-state index contributed by atoms with van der Waals surface area (Å²) in [6.45, 7) is 5.99. The molecule has 0 spiro atoms. The predicted molar refractivity (Wildman–Crippen MR) is 49.9 cm³/mol. The van der Waals surface area contributed by atoms with Crippen LogP contribution in [0.5, 0.6) is 0 Å². The second kappa shape index (κ2) is 2.60. The lowest BCUT2D eigenvalue weighted by Gasteiger charge is -2.12. The molecule has 0 N–H and O–H groups in total. The predicted octanol–water partition coefficient (Wildman–Crippen LogP) is 2.47. The molecule has 0 aromatic heterocycles. The van der Waals surface area contributed by atoms with E-state index >= 15 is 0 Å². The number of rotatable bonds is 0. The molecule has 0 atom stereocenters. The molecule has 2 aliphatic rings. The molecule has 0 radical (unpaired) electrons. The fourth-order valence-corrected chi connectivity index (χ4v) is 1.45. The molecule has 1 aliphatic carbocycles. The lowest BCUT2D eigenvalue weighted by atomic mass is 9.93. The van der Waals surface area contributed by atoms with Crippen molar-refractivity contribution in [2.24, 2.45) is 5.41 Å². The minimum atomic E-state index is 0.199. The molecule has 0 bridgehead atoms. The van der Waals surface area contributed by atoms with Gasteiger partial charge in [-0.2, -0.15) is 0 Å². The molecule has 0 saturated carbocycles. The van der Waals surface area contributed by atoms with Gasteiger partial charge in [0.15, 0.2) is 0 Å². The first-order valence-electron chi connectivity index (χ1n) is 4.36. The molecular weight excluding hydrogens is 148 g/mol. The van der Waals surface area contributed by atoms with E-state index in [1.54, 1.807) is 0 Å². The van der Waals surface area contributed by atoms with Gasteiger partial charge in [-0.25, -0.2) is 0 Å². The van der Waals surface area contributed by atoms with Crippen LogP contribution in [0, 0.1) is 5.41 Å². The lowest BCUT2D eigenvalue weighted by molar-refractivity contribution is 0.207. The molecule has 1 heterocycles. The summed E-state index contributed by atoms with van der Waals surface area (Å²) in [5.74, 6) is 0. The topological polar surface area (TPSA) is 9.23 Å². The van der Waals surface area contributed by atoms with E-state index in [-0.39, 0.29) is 5.41 Å². The highest BCUT2D eigenvalue weighted by Gasteiger charge is 2.17. The van der Waals surface area contributed by atoms with E-state index in [0.717, 1.165) is 13.2 Å². The summed E-state index contributed by atoms with van der Waals surface area (Å²) in [5, 5.41) is 0. The smallest absolute Gasteiger partial charge is 0.0724 e. The van der Waals surface area contributed by atoms with Crippen LogP contribution in [0.1, 0.15) is 13.8 Å². The van der Waals surface area contributed by atoms with Crippen molar-refractivity contribution in [3.8, 4) is 0 Å². The van der Waals surface area contributed by atoms with Gasteiger partial charge in [-0.3, -0.25) is 0 Å². The SMILES string of the molecule is CC1(C)C=CC2=C(C=C1)COC2. The summed E-state index contributed by atoms with van der Waals surface area (Å²) >= 11 is 0. The normalized spacial score (nSPS) is 25.8. The number of hydrogen-bond acceptors (Lipinski definition) is 1. The first-order valence-corrected chi connectivity index (χ1v) is 4.36. The molecule has 0 fully saturated rings. The molecule has 2 rings (SSSR count). The molecule has 0 saturated heterocycles. The first kappa shape index (κ1) is 7.81. The molecule has 0 unspecified atom stereocenters. The number of ether oxygens (including phenoxy) is 1. The van der Waals surface area contributed by atoms with E-state index in [0.29, 0.717) is 0 Å². The monoisotopic (exact) mass is 162 g/mol. The zero-order chi connectivity index (χ0) is 8.60. The third-order valence-electron chi connectivity index (χ3n) is 2.36. The quantitative estimate of drug-likeness (QED) is 0.531. The van der Waals surface area contributed by atoms with E-state index in [9.17, 15) is 0 Å². The van der Waals surface area contributed by atoms with Gasteiger partial charge in [0, 0.05) is 5.41 Å². The summed E-state index contributed by atoms with van der Waals surface area (Å²) in [6, 6.07) is 0. The highest BCUT2D eigenvalue weighted by Crippen LogP contribution is 2.27. The van der Waals surface area contributed by atoms with Crippen molar-refractivity contribution in [2.45, 2.75) is 13.8 Å². The fourth-order valence-electron chi connectivity index (χ4n) is 1.45. The molecular formula is C11H14O. The first-order chi connectivity index (χ1) is 5.67. The highest BCUT2D eigenvalue weighted by atomic mass is 16.5. The maximum absolute atomic E-state index is 5.34. The summed E-state index contributed by atoms with van der Waals surface area (Å²) in [4.78, 5) is 0. The van der Waals surface area contributed by atoms with Gasteiger partial charge in [0.2, 0.25) is 0 Å². The Balaban J connectivity index is 2.34. The molecule has 1 nitrogen and oxygen atoms in total. The standard InChI is InChI=1S/C11H14O/c1-11(2)5-3-9-7-12-8-10(9)4-6-11/h3-6H,7-8H2,1-2H3. The Morgan fingerprint density at radius 2 is 1.58 bits per heavy atom. The van der Waals surface area contributed by atoms with Gasteiger partial charge in [0.1, 0.15) is 0 Å². The minimum absolute atomic E-state index is 0.199. The van der Waals surface area contributed by atoms with E-state index in [4.69, 9.17) is 4.74 Å². The van der Waals surface area contributed by atoms with Crippen LogP contribution in [0.3, 0.4) is 0 Å². The van der Waals surface area contributed by atoms with Crippen LogP contribution in [-0.4, -0.2) is 13.2 Å². The van der Waals surface area contributed by atoms with Gasteiger partial charge in [-0.15, -0.1) is 0 Å². The van der Waals surface area contributed by atoms with Crippen LogP contribution in [0.25, 0.3) is 0 Å². The van der Waals surface area contributed by atoms with E-state index in [2.05, 4.69) is 38.2 Å². The zero-order valence-electron chi connectivity index (χ0n) is 7.63. The van der Waals surface area contributed by atoms with Crippen molar-refractivity contribution in [1.29, 1.82) is 0 Å². The fraction of sp³-hybridized carbons (Fsp3) is 0.455. The Morgan fingerprint density at radius 3 is 2.08 bits per heavy atom. The van der Waals surface area contributed by atoms with Crippen molar-refractivity contribution >= 4 is 0 Å². The average molecular weight is 162 g/mol. The minimum Gasteiger partial charge on any atom is -0.372 e. The van der Waals surface area contributed by atoms with Crippen LogP contribution in [0.2, 0.25) is 0 Å². The Hall–Kier alpha value is -0.820. The third kappa shape index (κ3) is 1.37. The van der Waals surface area contributed by atoms with Gasteiger partial charge >= 0.3 is 0 Å². The van der Waals surface area contributed by atoms with Crippen molar-refractivity contribution < 1.29 is 4.74 Å². The number of allylic oxidation sites excluding steroid dienone is 2. The third-order valence-corrected chi connectivity index (χ3v) is 2.36. The van der Waals surface area contributed by atoms with Crippen molar-refractivity contribution in [3.05, 3.63) is 35.5 Å². The van der Waals surface area contributed by atoms with Crippen LogP contribution in [0.15, 0.2) is 35.5 Å². The second-order valence-corrected chi connectivity index (χ2v) is 4.03. The molecule has 64 valence electrons. The maximum atomic E-state index is 5.34. The number of hydrogen-bond donors (Lipinski definition) is 0. The van der Waals surface area contributed by atoms with Gasteiger partial charge < -0.3 is 4.74 Å². The summed E-state index contributed by atoms with van der Waals surface area (Å²) in [7, 11) is 0. The van der Waals surface area contributed by atoms with Crippen LogP contribution < -0.4 is 0 Å². The van der Waals surface area contributed by atoms with Gasteiger partial charge in [0.25, 0.3) is 0 Å². The molecule has 12 heavy (non-hydrogen) atoms. The average Bonchev–Trinajstić information content (AvgIpc) is 2.40. The highest BCUT2D eigenvalue weighted by molar-refractivity contribution is 5.40. The summed E-state index contributed by atoms with van der Waals surface area (Å²) in [6.07, 6.45) is 8.87. The van der Waals surface area contributed by atoms with Crippen LogP contribution in [0.4, 0.5) is 0 Å². The summed E-state index contributed by atoms with van der Waals surface area (Å²) < 4.78 is 5.34. The van der Waals surface area contributed by atoms with Gasteiger partial charge in [-0.05, 0) is 11.1 Å². The molecule has 1 aliphatic heterocycles. The van der Waals surface area contributed by atoms with Crippen molar-refractivity contribution in [1.82, 2.24) is 0 Å². The molecule has 1 heteroatoms. The van der Waals surface area contributed by atoms with E-state index < -0.39 is 0 Å². The van der Waals surface area contributed by atoms with Crippen LogP contribution in [-0.2, 0) is 4.74 Å². The van der Waals surface area contributed by atoms with E-state index in [1.165, 1.54) is 11.1 Å². The summed E-state index contributed by atoms with van der Waals surface area (Å²) in [5.41, 5.74) is 2.89. The van der Waals surface area contributed by atoms with Crippen molar-refractivity contribution in [3.63, 3.8) is 0 Å². The Bertz CT molecular complexity index is 253. The van der Waals surface area contributed by atoms with Gasteiger partial charge in [-0.1, -0.05) is 38.2 Å². The van der Waals surface area contributed by atoms with E-state index in [1.807, 2.05) is 0 Å². The van der Waals surface area contributed by atoms with Gasteiger partial charge in [0.05, 0.1) is 13.2 Å². The Morgan fingerprint density at radius 1 is 1.08 bits per heavy atom. The van der Waals surface area contributed by atoms with Crippen molar-refractivity contribution in [2.75, 3.05) is 13.2 Å². The zero-order valence-corrected chi connectivity index (χ0v) is 7.63. The molecule has 0 amide bonds. The Kier molecular flexibility index (Phi) is 1.69. The Labute approximate surface area is 73.4 Å². The lowest BCUT2D eigenvalue weighted by Crippen LogP contribution is -2.01. The second-order valence-electron chi connectivity index (χ2n) is 4.03. The molecule has 0 aromatic rings. The largest absolute Gasteiger partial charge is 0.372 e. The maximum Gasteiger partial charge on any atom is 0.0724 e. The van der Waals surface area contributed by atoms with Crippen LogP contribution >= 0.6 is 0 Å².